The van der Waals surface area contributed by atoms with E-state index in [0.717, 1.165) is 23.0 Å². The summed E-state index contributed by atoms with van der Waals surface area (Å²) >= 11 is 8.21. The summed E-state index contributed by atoms with van der Waals surface area (Å²) in [5, 5.41) is 3.43. The molecule has 126 valence electrons. The predicted octanol–water partition coefficient (Wildman–Crippen LogP) is 4.75. The Hall–Kier alpha value is -1.31. The Morgan fingerprint density at radius 1 is 1.33 bits per heavy atom. The van der Waals surface area contributed by atoms with Crippen LogP contribution in [0, 0.1) is 3.57 Å². The van der Waals surface area contributed by atoms with E-state index in [-0.39, 0.29) is 12.0 Å². The summed E-state index contributed by atoms with van der Waals surface area (Å²) in [6, 6.07) is 12.6. The summed E-state index contributed by atoms with van der Waals surface area (Å²) in [5.41, 5.74) is 1.17. The van der Waals surface area contributed by atoms with Crippen LogP contribution in [0.3, 0.4) is 0 Å². The highest BCUT2D eigenvalue weighted by Crippen LogP contribution is 2.29. The van der Waals surface area contributed by atoms with Crippen molar-refractivity contribution in [2.75, 3.05) is 18.5 Å². The number of amides is 1. The zero-order valence-corrected chi connectivity index (χ0v) is 15.8. The topological polar surface area (TPSA) is 47.6 Å². The number of benzene rings is 2. The van der Waals surface area contributed by atoms with Crippen LogP contribution in [-0.2, 0) is 4.74 Å². The minimum atomic E-state index is -0.191. The molecular weight excluding hydrogens is 441 g/mol. The van der Waals surface area contributed by atoms with Crippen molar-refractivity contribution in [1.29, 1.82) is 0 Å². The third-order valence-electron chi connectivity index (χ3n) is 3.76. The van der Waals surface area contributed by atoms with Gasteiger partial charge < -0.3 is 14.8 Å². The van der Waals surface area contributed by atoms with Crippen molar-refractivity contribution in [3.05, 3.63) is 56.6 Å². The zero-order valence-electron chi connectivity index (χ0n) is 12.9. The molecule has 2 aromatic carbocycles. The lowest BCUT2D eigenvalue weighted by Crippen LogP contribution is -2.18. The van der Waals surface area contributed by atoms with Gasteiger partial charge in [-0.1, -0.05) is 23.7 Å². The van der Waals surface area contributed by atoms with E-state index in [4.69, 9.17) is 21.1 Å². The van der Waals surface area contributed by atoms with Gasteiger partial charge in [0, 0.05) is 15.2 Å². The van der Waals surface area contributed by atoms with E-state index in [0.29, 0.717) is 28.6 Å². The molecule has 1 aliphatic heterocycles. The van der Waals surface area contributed by atoms with Gasteiger partial charge in [-0.3, -0.25) is 4.79 Å². The Morgan fingerprint density at radius 3 is 2.92 bits per heavy atom. The maximum atomic E-state index is 12.5. The highest BCUT2D eigenvalue weighted by molar-refractivity contribution is 14.1. The van der Waals surface area contributed by atoms with Gasteiger partial charge in [0.15, 0.2) is 0 Å². The quantitative estimate of drug-likeness (QED) is 0.659. The van der Waals surface area contributed by atoms with Crippen LogP contribution in [0.5, 0.6) is 5.75 Å². The highest BCUT2D eigenvalue weighted by atomic mass is 127. The molecule has 1 amide bonds. The van der Waals surface area contributed by atoms with E-state index in [9.17, 15) is 4.79 Å². The Bertz CT molecular complexity index is 732. The molecule has 1 heterocycles. The van der Waals surface area contributed by atoms with Crippen LogP contribution in [-0.4, -0.2) is 25.2 Å². The number of rotatable bonds is 5. The van der Waals surface area contributed by atoms with Crippen molar-refractivity contribution in [2.24, 2.45) is 0 Å². The van der Waals surface area contributed by atoms with E-state index >= 15 is 0 Å². The van der Waals surface area contributed by atoms with E-state index in [1.165, 1.54) is 0 Å². The van der Waals surface area contributed by atoms with Gasteiger partial charge in [0.1, 0.15) is 12.4 Å². The van der Waals surface area contributed by atoms with Crippen LogP contribution in [0.15, 0.2) is 42.5 Å². The number of hydrogen-bond acceptors (Lipinski definition) is 3. The van der Waals surface area contributed by atoms with Crippen LogP contribution in [0.1, 0.15) is 23.2 Å². The summed E-state index contributed by atoms with van der Waals surface area (Å²) in [4.78, 5) is 12.5. The Kier molecular flexibility index (Phi) is 5.97. The fraction of sp³-hybridized carbons (Fsp3) is 0.278. The number of carbonyl (C=O) groups excluding carboxylic acids is 1. The van der Waals surface area contributed by atoms with Gasteiger partial charge in [-0.05, 0) is 65.8 Å². The molecular formula is C18H17ClINO3. The number of anilines is 1. The molecule has 4 nitrogen and oxygen atoms in total. The number of halogens is 2. The second-order valence-corrected chi connectivity index (χ2v) is 7.12. The molecule has 0 radical (unpaired) electrons. The largest absolute Gasteiger partial charge is 0.489 e. The fourth-order valence-corrected chi connectivity index (χ4v) is 3.32. The monoisotopic (exact) mass is 457 g/mol. The van der Waals surface area contributed by atoms with Crippen molar-refractivity contribution < 1.29 is 14.3 Å². The molecule has 0 saturated carbocycles. The zero-order chi connectivity index (χ0) is 16.9. The Balaban J connectivity index is 1.75. The lowest BCUT2D eigenvalue weighted by Gasteiger charge is -2.16. The predicted molar refractivity (Wildman–Crippen MR) is 103 cm³/mol. The maximum absolute atomic E-state index is 12.5. The summed E-state index contributed by atoms with van der Waals surface area (Å²) in [5.74, 6) is 0.401. The van der Waals surface area contributed by atoms with Crippen molar-refractivity contribution in [3.8, 4) is 5.75 Å². The summed E-state index contributed by atoms with van der Waals surface area (Å²) in [7, 11) is 0. The molecule has 3 rings (SSSR count). The van der Waals surface area contributed by atoms with Gasteiger partial charge >= 0.3 is 0 Å². The van der Waals surface area contributed by atoms with Crippen LogP contribution < -0.4 is 10.1 Å². The van der Waals surface area contributed by atoms with E-state index in [1.807, 2.05) is 18.2 Å². The molecule has 2 aromatic rings. The minimum Gasteiger partial charge on any atom is -0.489 e. The first-order valence-electron chi connectivity index (χ1n) is 7.73. The highest BCUT2D eigenvalue weighted by Gasteiger charge is 2.18. The van der Waals surface area contributed by atoms with Gasteiger partial charge in [-0.25, -0.2) is 0 Å². The number of nitrogens with one attached hydrogen (secondary N) is 1. The molecule has 1 atom stereocenters. The van der Waals surface area contributed by atoms with Crippen LogP contribution in [0.25, 0.3) is 0 Å². The standard InChI is InChI=1S/C18H17ClINO3/c19-12-7-8-17(24-11-13-4-3-9-23-13)16(10-12)21-18(22)14-5-1-2-6-15(14)20/h1-2,5-8,10,13H,3-4,9,11H2,(H,21,22). The van der Waals surface area contributed by atoms with Crippen LogP contribution >= 0.6 is 34.2 Å². The number of hydrogen-bond donors (Lipinski definition) is 1. The third kappa shape index (κ3) is 4.40. The molecule has 1 aliphatic rings. The first-order chi connectivity index (χ1) is 11.6. The maximum Gasteiger partial charge on any atom is 0.256 e. The van der Waals surface area contributed by atoms with Crippen molar-refractivity contribution >= 4 is 45.8 Å². The first-order valence-corrected chi connectivity index (χ1v) is 9.19. The van der Waals surface area contributed by atoms with Gasteiger partial charge in [0.05, 0.1) is 17.4 Å². The fourth-order valence-electron chi connectivity index (χ4n) is 2.52. The average molecular weight is 458 g/mol. The second-order valence-electron chi connectivity index (χ2n) is 5.52. The lowest BCUT2D eigenvalue weighted by molar-refractivity contribution is 0.0682. The second kappa shape index (κ2) is 8.18. The van der Waals surface area contributed by atoms with E-state index < -0.39 is 0 Å². The molecule has 0 aliphatic carbocycles. The van der Waals surface area contributed by atoms with Gasteiger partial charge in [-0.15, -0.1) is 0 Å². The van der Waals surface area contributed by atoms with Gasteiger partial charge in [0.2, 0.25) is 0 Å². The third-order valence-corrected chi connectivity index (χ3v) is 4.93. The van der Waals surface area contributed by atoms with Crippen molar-refractivity contribution in [3.63, 3.8) is 0 Å². The molecule has 0 aromatic heterocycles. The number of ether oxygens (including phenoxy) is 2. The van der Waals surface area contributed by atoms with Crippen molar-refractivity contribution in [2.45, 2.75) is 18.9 Å². The van der Waals surface area contributed by atoms with Gasteiger partial charge in [0.25, 0.3) is 5.91 Å². The minimum absolute atomic E-state index is 0.110. The smallest absolute Gasteiger partial charge is 0.256 e. The lowest BCUT2D eigenvalue weighted by atomic mass is 10.2. The number of carbonyl (C=O) groups is 1. The molecule has 1 N–H and O–H groups in total. The molecule has 1 saturated heterocycles. The van der Waals surface area contributed by atoms with Gasteiger partial charge in [-0.2, -0.15) is 0 Å². The molecule has 0 bridgehead atoms. The van der Waals surface area contributed by atoms with E-state index in [2.05, 4.69) is 27.9 Å². The Labute approximate surface area is 159 Å². The summed E-state index contributed by atoms with van der Waals surface area (Å²) in [6.45, 7) is 1.25. The average Bonchev–Trinajstić information content (AvgIpc) is 3.08. The van der Waals surface area contributed by atoms with Crippen LogP contribution in [0.2, 0.25) is 5.02 Å². The van der Waals surface area contributed by atoms with E-state index in [1.54, 1.807) is 24.3 Å². The Morgan fingerprint density at radius 2 is 2.17 bits per heavy atom. The summed E-state index contributed by atoms with van der Waals surface area (Å²) < 4.78 is 12.3. The molecule has 1 unspecified atom stereocenters. The van der Waals surface area contributed by atoms with Crippen molar-refractivity contribution in [1.82, 2.24) is 0 Å². The van der Waals surface area contributed by atoms with Crippen LogP contribution in [0.4, 0.5) is 5.69 Å². The first kappa shape index (κ1) is 17.5. The SMILES string of the molecule is O=C(Nc1cc(Cl)ccc1OCC1CCCO1)c1ccccc1I. The molecule has 0 spiro atoms. The molecule has 1 fully saturated rings. The normalized spacial score (nSPS) is 16.8. The molecule has 6 heteroatoms. The molecule has 24 heavy (non-hydrogen) atoms. The summed E-state index contributed by atoms with van der Waals surface area (Å²) in [6.07, 6.45) is 2.17.